The quantitative estimate of drug-likeness (QED) is 0.277. The highest BCUT2D eigenvalue weighted by Crippen LogP contribution is 2.27. The van der Waals surface area contributed by atoms with E-state index in [2.05, 4.69) is 10.3 Å². The number of carbonyl (C=O) groups is 1. The molecule has 4 rings (SSSR count). The van der Waals surface area contributed by atoms with Gasteiger partial charge in [-0.3, -0.25) is 14.2 Å². The molecule has 1 N–H and O–H groups in total. The molecule has 0 fully saturated rings. The van der Waals surface area contributed by atoms with Crippen LogP contribution in [0.15, 0.2) is 70.6 Å². The normalized spacial score (nSPS) is 11.0. The van der Waals surface area contributed by atoms with Gasteiger partial charge in [-0.2, -0.15) is 0 Å². The summed E-state index contributed by atoms with van der Waals surface area (Å²) in [7, 11) is 0. The minimum atomic E-state index is -0.284. The fourth-order valence-electron chi connectivity index (χ4n) is 3.39. The molecule has 0 spiro atoms. The van der Waals surface area contributed by atoms with Crippen LogP contribution in [0, 0.1) is 13.8 Å². The van der Waals surface area contributed by atoms with Crippen molar-refractivity contribution in [2.45, 2.75) is 19.0 Å². The molecule has 1 amide bonds. The zero-order chi connectivity index (χ0) is 22.8. The van der Waals surface area contributed by atoms with Crippen LogP contribution in [0.4, 0.5) is 5.69 Å². The van der Waals surface area contributed by atoms with Gasteiger partial charge in [0.15, 0.2) is 5.16 Å². The summed E-state index contributed by atoms with van der Waals surface area (Å²) in [5.74, 6) is -0.243. The van der Waals surface area contributed by atoms with Gasteiger partial charge in [0.05, 0.1) is 33.1 Å². The number of aryl methyl sites for hydroxylation is 2. The van der Waals surface area contributed by atoms with E-state index >= 15 is 0 Å². The number of halogens is 2. The topological polar surface area (TPSA) is 64.0 Å². The van der Waals surface area contributed by atoms with Gasteiger partial charge in [-0.1, -0.05) is 64.8 Å². The number of nitrogens with one attached hydrogen (secondary N) is 1. The first kappa shape index (κ1) is 22.4. The monoisotopic (exact) mass is 483 g/mol. The number of benzene rings is 3. The molecule has 0 aliphatic heterocycles. The highest BCUT2D eigenvalue weighted by atomic mass is 35.5. The van der Waals surface area contributed by atoms with Gasteiger partial charge in [-0.15, -0.1) is 0 Å². The highest BCUT2D eigenvalue weighted by Gasteiger charge is 2.16. The number of carbonyl (C=O) groups excluding carboxylic acids is 1. The van der Waals surface area contributed by atoms with Crippen molar-refractivity contribution in [2.24, 2.45) is 0 Å². The Morgan fingerprint density at radius 1 is 1.06 bits per heavy atom. The van der Waals surface area contributed by atoms with E-state index in [1.807, 2.05) is 44.2 Å². The molecule has 0 radical (unpaired) electrons. The fourth-order valence-corrected chi connectivity index (χ4v) is 4.53. The number of rotatable bonds is 5. The number of nitrogens with zero attached hydrogens (tertiary/aromatic N) is 2. The molecule has 3 aromatic carbocycles. The summed E-state index contributed by atoms with van der Waals surface area (Å²) in [4.78, 5) is 30.7. The van der Waals surface area contributed by atoms with Crippen molar-refractivity contribution in [1.29, 1.82) is 0 Å². The van der Waals surface area contributed by atoms with Crippen molar-refractivity contribution in [1.82, 2.24) is 9.55 Å². The Balaban J connectivity index is 1.70. The van der Waals surface area contributed by atoms with Crippen LogP contribution in [0.5, 0.6) is 0 Å². The first-order chi connectivity index (χ1) is 15.3. The minimum absolute atomic E-state index is 0.0402. The first-order valence-electron chi connectivity index (χ1n) is 9.80. The van der Waals surface area contributed by atoms with Gasteiger partial charge >= 0.3 is 0 Å². The maximum absolute atomic E-state index is 13.4. The molecule has 32 heavy (non-hydrogen) atoms. The second-order valence-electron chi connectivity index (χ2n) is 7.30. The van der Waals surface area contributed by atoms with Crippen LogP contribution < -0.4 is 10.9 Å². The second-order valence-corrected chi connectivity index (χ2v) is 9.09. The van der Waals surface area contributed by atoms with Crippen molar-refractivity contribution < 1.29 is 4.79 Å². The summed E-state index contributed by atoms with van der Waals surface area (Å²) < 4.78 is 1.57. The van der Waals surface area contributed by atoms with Crippen molar-refractivity contribution in [3.05, 3.63) is 92.2 Å². The van der Waals surface area contributed by atoms with Gasteiger partial charge in [0.1, 0.15) is 0 Å². The number of hydrogen-bond donors (Lipinski definition) is 1. The third kappa shape index (κ3) is 4.67. The van der Waals surface area contributed by atoms with Crippen molar-refractivity contribution >= 4 is 57.5 Å². The number of fused-ring (bicyclic) bond motifs is 1. The molecular formula is C24H19Cl2N3O2S. The smallest absolute Gasteiger partial charge is 0.266 e. The molecular weight excluding hydrogens is 465 g/mol. The van der Waals surface area contributed by atoms with Crippen molar-refractivity contribution in [3.8, 4) is 5.69 Å². The number of thioether (sulfide) groups is 1. The van der Waals surface area contributed by atoms with Crippen LogP contribution in [0.2, 0.25) is 10.0 Å². The molecule has 0 saturated carbocycles. The fraction of sp³-hybridized carbons (Fsp3) is 0.125. The summed E-state index contributed by atoms with van der Waals surface area (Å²) >= 11 is 13.3. The van der Waals surface area contributed by atoms with Crippen molar-refractivity contribution in [3.63, 3.8) is 0 Å². The van der Waals surface area contributed by atoms with Crippen molar-refractivity contribution in [2.75, 3.05) is 11.1 Å². The zero-order valence-electron chi connectivity index (χ0n) is 17.4. The summed E-state index contributed by atoms with van der Waals surface area (Å²) in [6.07, 6.45) is 0. The van der Waals surface area contributed by atoms with Crippen LogP contribution in [-0.2, 0) is 4.79 Å². The first-order valence-corrected chi connectivity index (χ1v) is 11.5. The summed E-state index contributed by atoms with van der Waals surface area (Å²) in [6.45, 7) is 3.95. The lowest BCUT2D eigenvalue weighted by molar-refractivity contribution is -0.113. The van der Waals surface area contributed by atoms with E-state index in [1.165, 1.54) is 11.8 Å². The van der Waals surface area contributed by atoms with E-state index in [-0.39, 0.29) is 17.2 Å². The van der Waals surface area contributed by atoms with E-state index in [9.17, 15) is 9.59 Å². The molecule has 1 heterocycles. The maximum atomic E-state index is 13.4. The third-order valence-electron chi connectivity index (χ3n) is 4.87. The Labute approximate surface area is 199 Å². The second kappa shape index (κ2) is 9.36. The van der Waals surface area contributed by atoms with Gasteiger partial charge in [-0.05, 0) is 55.8 Å². The number of anilines is 1. The van der Waals surface area contributed by atoms with Crippen LogP contribution >= 0.6 is 35.0 Å². The maximum Gasteiger partial charge on any atom is 0.266 e. The van der Waals surface area contributed by atoms with Gasteiger partial charge in [0, 0.05) is 5.02 Å². The Bertz CT molecular complexity index is 1400. The lowest BCUT2D eigenvalue weighted by atomic mass is 10.1. The number of amides is 1. The molecule has 0 aliphatic rings. The molecule has 0 aliphatic carbocycles. The van der Waals surface area contributed by atoms with Crippen LogP contribution in [0.25, 0.3) is 16.6 Å². The molecule has 0 saturated heterocycles. The van der Waals surface area contributed by atoms with Gasteiger partial charge in [-0.25, -0.2) is 4.98 Å². The molecule has 0 unspecified atom stereocenters. The van der Waals surface area contributed by atoms with E-state index in [4.69, 9.17) is 23.2 Å². The third-order valence-corrected chi connectivity index (χ3v) is 6.38. The van der Waals surface area contributed by atoms with E-state index in [1.54, 1.807) is 34.9 Å². The van der Waals surface area contributed by atoms with Crippen LogP contribution in [0.3, 0.4) is 0 Å². The average Bonchev–Trinajstić information content (AvgIpc) is 2.76. The average molecular weight is 484 g/mol. The van der Waals surface area contributed by atoms with Crippen LogP contribution in [0.1, 0.15) is 11.1 Å². The number of hydrogen-bond acceptors (Lipinski definition) is 4. The predicted octanol–water partition coefficient (Wildman–Crippen LogP) is 6.04. The summed E-state index contributed by atoms with van der Waals surface area (Å²) in [5.41, 5.74) is 3.62. The Hall–Kier alpha value is -2.80. The Morgan fingerprint density at radius 3 is 2.62 bits per heavy atom. The summed E-state index contributed by atoms with van der Waals surface area (Å²) in [6, 6.07) is 17.9. The zero-order valence-corrected chi connectivity index (χ0v) is 19.7. The van der Waals surface area contributed by atoms with Gasteiger partial charge in [0.25, 0.3) is 5.56 Å². The lowest BCUT2D eigenvalue weighted by Crippen LogP contribution is -2.23. The highest BCUT2D eigenvalue weighted by molar-refractivity contribution is 7.99. The Kier molecular flexibility index (Phi) is 6.55. The summed E-state index contributed by atoms with van der Waals surface area (Å²) in [5, 5.41) is 4.58. The minimum Gasteiger partial charge on any atom is -0.324 e. The van der Waals surface area contributed by atoms with Gasteiger partial charge in [0.2, 0.25) is 5.91 Å². The number of para-hydroxylation sites is 1. The molecule has 8 heteroatoms. The van der Waals surface area contributed by atoms with E-state index < -0.39 is 0 Å². The lowest BCUT2D eigenvalue weighted by Gasteiger charge is -2.15. The molecule has 4 aromatic rings. The van der Waals surface area contributed by atoms with Crippen LogP contribution in [-0.4, -0.2) is 21.2 Å². The Morgan fingerprint density at radius 2 is 1.84 bits per heavy atom. The van der Waals surface area contributed by atoms with E-state index in [0.29, 0.717) is 31.8 Å². The predicted molar refractivity (Wildman–Crippen MR) is 133 cm³/mol. The largest absolute Gasteiger partial charge is 0.324 e. The SMILES string of the molecule is Cc1ccc(-n2c(SCC(=O)Nc3cc(Cl)ccc3Cl)nc3ccccc3c2=O)c(C)c1. The van der Waals surface area contributed by atoms with E-state index in [0.717, 1.165) is 16.8 Å². The molecule has 0 atom stereocenters. The molecule has 5 nitrogen and oxygen atoms in total. The standard InChI is InChI=1S/C24H19Cl2N3O2S/c1-14-7-10-21(15(2)11-14)29-23(31)17-5-3-4-6-19(17)28-24(29)32-13-22(30)27-20-12-16(25)8-9-18(20)26/h3-12H,13H2,1-2H3,(H,27,30). The number of aromatic nitrogens is 2. The van der Waals surface area contributed by atoms with Gasteiger partial charge < -0.3 is 5.32 Å². The molecule has 1 aromatic heterocycles. The molecule has 162 valence electrons. The molecule has 0 bridgehead atoms.